The largest absolute Gasteiger partial charge is 0.467 e. The van der Waals surface area contributed by atoms with Gasteiger partial charge in [-0.3, -0.25) is 9.59 Å². The Morgan fingerprint density at radius 1 is 0.676 bits per heavy atom. The average molecular weight is 472 g/mol. The molecular formula is C24H28N2O8. The normalized spacial score (nSPS) is 14.1. The molecule has 4 N–H and O–H groups in total. The van der Waals surface area contributed by atoms with Crippen LogP contribution in [-0.4, -0.2) is 72.5 Å². The molecule has 0 radical (unpaired) electrons. The molecule has 0 saturated carbocycles. The quantitative estimate of drug-likeness (QED) is 0.320. The lowest BCUT2D eigenvalue weighted by Gasteiger charge is -2.23. The highest BCUT2D eigenvalue weighted by molar-refractivity contribution is 5.94. The Morgan fingerprint density at radius 3 is 1.29 bits per heavy atom. The van der Waals surface area contributed by atoms with E-state index in [1.54, 1.807) is 60.7 Å². The Bertz CT molecular complexity index is 888. The number of rotatable bonds is 11. The van der Waals surface area contributed by atoms with Gasteiger partial charge in [-0.15, -0.1) is 0 Å². The minimum absolute atomic E-state index is 0.0652. The topological polar surface area (TPSA) is 151 Å². The summed E-state index contributed by atoms with van der Waals surface area (Å²) in [6.07, 6.45) is -4.29. The zero-order valence-electron chi connectivity index (χ0n) is 18.8. The molecule has 10 nitrogen and oxygen atoms in total. The molecule has 2 amide bonds. The Morgan fingerprint density at radius 2 is 1.00 bits per heavy atom. The fourth-order valence-corrected chi connectivity index (χ4v) is 3.17. The van der Waals surface area contributed by atoms with Crippen molar-refractivity contribution in [3.63, 3.8) is 0 Å². The summed E-state index contributed by atoms with van der Waals surface area (Å²) >= 11 is 0. The fraction of sp³-hybridized carbons (Fsp3) is 0.333. The van der Waals surface area contributed by atoms with Gasteiger partial charge in [0.25, 0.3) is 11.8 Å². The highest BCUT2D eigenvalue weighted by Gasteiger charge is 2.35. The second-order valence-corrected chi connectivity index (χ2v) is 7.44. The van der Waals surface area contributed by atoms with E-state index in [-0.39, 0.29) is 12.8 Å². The number of hydrogen-bond acceptors (Lipinski definition) is 8. The zero-order valence-corrected chi connectivity index (χ0v) is 18.8. The van der Waals surface area contributed by atoms with Crippen molar-refractivity contribution in [1.82, 2.24) is 10.6 Å². The third kappa shape index (κ3) is 7.68. The second-order valence-electron chi connectivity index (χ2n) is 7.44. The molecule has 0 bridgehead atoms. The van der Waals surface area contributed by atoms with Crippen LogP contribution < -0.4 is 10.6 Å². The third-order valence-corrected chi connectivity index (χ3v) is 5.01. The van der Waals surface area contributed by atoms with E-state index in [1.165, 1.54) is 0 Å². The first-order valence-corrected chi connectivity index (χ1v) is 10.5. The lowest BCUT2D eigenvalue weighted by atomic mass is 10.0. The first kappa shape index (κ1) is 26.5. The van der Waals surface area contributed by atoms with Gasteiger partial charge in [0.2, 0.25) is 0 Å². The van der Waals surface area contributed by atoms with Gasteiger partial charge in [0.05, 0.1) is 14.2 Å². The van der Waals surface area contributed by atoms with E-state index in [4.69, 9.17) is 9.47 Å². The molecule has 182 valence electrons. The molecule has 0 fully saturated rings. The molecule has 4 atom stereocenters. The van der Waals surface area contributed by atoms with Crippen LogP contribution >= 0.6 is 0 Å². The van der Waals surface area contributed by atoms with Gasteiger partial charge in [-0.05, 0) is 11.1 Å². The Hall–Kier alpha value is -3.76. The van der Waals surface area contributed by atoms with Gasteiger partial charge in [0, 0.05) is 12.8 Å². The molecule has 0 unspecified atom stereocenters. The van der Waals surface area contributed by atoms with Crippen molar-refractivity contribution in [2.24, 2.45) is 0 Å². The molecule has 10 heteroatoms. The number of methoxy groups -OCH3 is 2. The average Bonchev–Trinajstić information content (AvgIpc) is 2.87. The van der Waals surface area contributed by atoms with Crippen molar-refractivity contribution < 1.29 is 38.9 Å². The first-order valence-electron chi connectivity index (χ1n) is 10.5. The number of carbonyl (C=O) groups is 4. The minimum atomic E-state index is -2.21. The number of esters is 2. The maximum Gasteiger partial charge on any atom is 0.328 e. The summed E-state index contributed by atoms with van der Waals surface area (Å²) in [5.74, 6) is -3.85. The van der Waals surface area contributed by atoms with Crippen molar-refractivity contribution in [3.8, 4) is 0 Å². The van der Waals surface area contributed by atoms with E-state index in [2.05, 4.69) is 10.6 Å². The first-order chi connectivity index (χ1) is 16.3. The SMILES string of the molecule is COC(=O)[C@H](Cc1ccccc1)NC(=O)[C@@H](O)[C@H](O)C(=O)N[C@@H](Cc1ccccc1)C(=O)OC. The zero-order chi connectivity index (χ0) is 25.1. The highest BCUT2D eigenvalue weighted by Crippen LogP contribution is 2.08. The maximum absolute atomic E-state index is 12.5. The number of amides is 2. The van der Waals surface area contributed by atoms with Crippen LogP contribution in [0.3, 0.4) is 0 Å². The number of aliphatic hydroxyl groups is 2. The van der Waals surface area contributed by atoms with Crippen molar-refractivity contribution >= 4 is 23.8 Å². The van der Waals surface area contributed by atoms with E-state index in [0.717, 1.165) is 14.2 Å². The van der Waals surface area contributed by atoms with E-state index < -0.39 is 48.0 Å². The summed E-state index contributed by atoms with van der Waals surface area (Å²) in [6, 6.07) is 15.2. The molecule has 0 spiro atoms. The Balaban J connectivity index is 2.04. The van der Waals surface area contributed by atoms with Gasteiger partial charge < -0.3 is 30.3 Å². The van der Waals surface area contributed by atoms with Crippen molar-refractivity contribution in [2.45, 2.75) is 37.1 Å². The van der Waals surface area contributed by atoms with Gasteiger partial charge in [-0.1, -0.05) is 60.7 Å². The molecule has 0 saturated heterocycles. The number of hydrogen-bond donors (Lipinski definition) is 4. The monoisotopic (exact) mass is 472 g/mol. The predicted octanol–water partition coefficient (Wildman–Crippen LogP) is -0.491. The van der Waals surface area contributed by atoms with E-state index >= 15 is 0 Å². The Labute approximate surface area is 196 Å². The van der Waals surface area contributed by atoms with E-state index in [1.807, 2.05) is 0 Å². The van der Waals surface area contributed by atoms with Crippen LogP contribution in [0.5, 0.6) is 0 Å². The van der Waals surface area contributed by atoms with Gasteiger partial charge in [0.15, 0.2) is 12.2 Å². The molecule has 2 aromatic rings. The van der Waals surface area contributed by atoms with Crippen LogP contribution in [0.1, 0.15) is 11.1 Å². The maximum atomic E-state index is 12.5. The predicted molar refractivity (Wildman–Crippen MR) is 120 cm³/mol. The lowest BCUT2D eigenvalue weighted by Crippen LogP contribution is -2.55. The highest BCUT2D eigenvalue weighted by atomic mass is 16.5. The number of benzene rings is 2. The number of carbonyl (C=O) groups excluding carboxylic acids is 4. The summed E-state index contributed by atoms with van der Waals surface area (Å²) in [6.45, 7) is 0. The molecule has 34 heavy (non-hydrogen) atoms. The third-order valence-electron chi connectivity index (χ3n) is 5.01. The summed E-state index contributed by atoms with van der Waals surface area (Å²) < 4.78 is 9.39. The molecular weight excluding hydrogens is 444 g/mol. The molecule has 2 rings (SSSR count). The lowest BCUT2D eigenvalue weighted by molar-refractivity contribution is -0.152. The van der Waals surface area contributed by atoms with Gasteiger partial charge >= 0.3 is 11.9 Å². The number of ether oxygens (including phenoxy) is 2. The number of aliphatic hydroxyl groups excluding tert-OH is 2. The van der Waals surface area contributed by atoms with E-state index in [0.29, 0.717) is 11.1 Å². The van der Waals surface area contributed by atoms with Gasteiger partial charge in [-0.25, -0.2) is 9.59 Å². The van der Waals surface area contributed by atoms with Crippen LogP contribution in [0, 0.1) is 0 Å². The molecule has 2 aromatic carbocycles. The molecule has 0 aliphatic heterocycles. The minimum Gasteiger partial charge on any atom is -0.467 e. The van der Waals surface area contributed by atoms with E-state index in [9.17, 15) is 29.4 Å². The molecule has 0 aromatic heterocycles. The fourth-order valence-electron chi connectivity index (χ4n) is 3.17. The van der Waals surface area contributed by atoms with Crippen molar-refractivity contribution in [2.75, 3.05) is 14.2 Å². The van der Waals surface area contributed by atoms with Crippen molar-refractivity contribution in [1.29, 1.82) is 0 Å². The standard InChI is InChI=1S/C24H28N2O8/c1-33-23(31)17(13-15-9-5-3-6-10-15)25-21(29)19(27)20(28)22(30)26-18(24(32)34-2)14-16-11-7-4-8-12-16/h3-12,17-20,27-28H,13-14H2,1-2H3,(H,25,29)(H,26,30)/t17-,18-,19-,20-/m0/s1. The molecule has 0 heterocycles. The molecule has 0 aliphatic carbocycles. The summed E-state index contributed by atoms with van der Waals surface area (Å²) in [5, 5.41) is 25.0. The summed E-state index contributed by atoms with van der Waals surface area (Å²) in [7, 11) is 2.29. The molecule has 0 aliphatic rings. The number of nitrogens with one attached hydrogen (secondary N) is 2. The Kier molecular flexibility index (Phi) is 10.2. The van der Waals surface area contributed by atoms with Crippen LogP contribution in [0.15, 0.2) is 60.7 Å². The summed E-state index contributed by atoms with van der Waals surface area (Å²) in [4.78, 5) is 49.1. The van der Waals surface area contributed by atoms with Crippen LogP contribution in [0.25, 0.3) is 0 Å². The van der Waals surface area contributed by atoms with Gasteiger partial charge in [-0.2, -0.15) is 0 Å². The van der Waals surface area contributed by atoms with Gasteiger partial charge in [0.1, 0.15) is 12.1 Å². The smallest absolute Gasteiger partial charge is 0.328 e. The van der Waals surface area contributed by atoms with Crippen molar-refractivity contribution in [3.05, 3.63) is 71.8 Å². The second kappa shape index (κ2) is 13.1. The van der Waals surface area contributed by atoms with Crippen LogP contribution in [-0.2, 0) is 41.5 Å². The van der Waals surface area contributed by atoms with Crippen LogP contribution in [0.2, 0.25) is 0 Å². The summed E-state index contributed by atoms with van der Waals surface area (Å²) in [5.41, 5.74) is 1.43. The van der Waals surface area contributed by atoms with Crippen LogP contribution in [0.4, 0.5) is 0 Å².